The Hall–Kier alpha value is -1.63. The van der Waals surface area contributed by atoms with E-state index in [0.717, 1.165) is 19.3 Å². The van der Waals surface area contributed by atoms with Crippen LogP contribution in [0.5, 0.6) is 5.75 Å². The summed E-state index contributed by atoms with van der Waals surface area (Å²) in [5.74, 6) is 1.94. The summed E-state index contributed by atoms with van der Waals surface area (Å²) in [4.78, 5) is 4.24. The summed E-state index contributed by atoms with van der Waals surface area (Å²) in [6.45, 7) is 2.43. The fourth-order valence-corrected chi connectivity index (χ4v) is 2.84. The van der Waals surface area contributed by atoms with Crippen LogP contribution in [0, 0.1) is 0 Å². The number of benzene rings is 1. The zero-order valence-electron chi connectivity index (χ0n) is 12.9. The summed E-state index contributed by atoms with van der Waals surface area (Å²) >= 11 is 5.86. The molecule has 0 amide bonds. The van der Waals surface area contributed by atoms with E-state index in [4.69, 9.17) is 20.9 Å². The fraction of sp³-hybridized carbons (Fsp3) is 0.500. The first-order valence-electron chi connectivity index (χ1n) is 7.81. The van der Waals surface area contributed by atoms with Crippen LogP contribution in [0.25, 0.3) is 0 Å². The number of aliphatic hydroxyl groups excluding tert-OH is 1. The van der Waals surface area contributed by atoms with Gasteiger partial charge in [0, 0.05) is 17.5 Å². The van der Waals surface area contributed by atoms with Gasteiger partial charge < -0.3 is 19.7 Å². The van der Waals surface area contributed by atoms with E-state index in [-0.39, 0.29) is 12.1 Å². The van der Waals surface area contributed by atoms with Gasteiger partial charge in [0.15, 0.2) is 5.82 Å². The highest BCUT2D eigenvalue weighted by Crippen LogP contribution is 2.26. The number of ether oxygens (including phenoxy) is 1. The SMILES string of the molecule is CCc1nc(CN[C@@H]2CC[C@@H](Oc3ccc(Cl)cc3)[C@H]2O)no1. The van der Waals surface area contributed by atoms with Crippen LogP contribution in [0.1, 0.15) is 31.5 Å². The van der Waals surface area contributed by atoms with Crippen LogP contribution in [0.3, 0.4) is 0 Å². The maximum Gasteiger partial charge on any atom is 0.226 e. The van der Waals surface area contributed by atoms with E-state index in [9.17, 15) is 5.11 Å². The highest BCUT2D eigenvalue weighted by molar-refractivity contribution is 6.30. The highest BCUT2D eigenvalue weighted by atomic mass is 35.5. The van der Waals surface area contributed by atoms with Crippen molar-refractivity contribution in [3.8, 4) is 5.75 Å². The number of nitrogens with one attached hydrogen (secondary N) is 1. The lowest BCUT2D eigenvalue weighted by Crippen LogP contribution is -2.41. The molecule has 1 saturated carbocycles. The molecular formula is C16H20ClN3O3. The molecule has 3 atom stereocenters. The molecule has 0 saturated heterocycles. The molecule has 1 aliphatic carbocycles. The van der Waals surface area contributed by atoms with Gasteiger partial charge in [0.2, 0.25) is 5.89 Å². The van der Waals surface area contributed by atoms with Gasteiger partial charge in [-0.3, -0.25) is 0 Å². The Morgan fingerprint density at radius 3 is 2.83 bits per heavy atom. The minimum atomic E-state index is -0.580. The minimum absolute atomic E-state index is 0.0455. The molecular weight excluding hydrogens is 318 g/mol. The molecule has 23 heavy (non-hydrogen) atoms. The molecule has 1 aromatic heterocycles. The van der Waals surface area contributed by atoms with E-state index in [2.05, 4.69) is 15.5 Å². The van der Waals surface area contributed by atoms with E-state index in [1.807, 2.05) is 6.92 Å². The first-order chi connectivity index (χ1) is 11.2. The average molecular weight is 338 g/mol. The molecule has 0 spiro atoms. The predicted molar refractivity (Wildman–Crippen MR) is 85.4 cm³/mol. The third-order valence-electron chi connectivity index (χ3n) is 3.99. The summed E-state index contributed by atoms with van der Waals surface area (Å²) < 4.78 is 10.9. The van der Waals surface area contributed by atoms with Crippen molar-refractivity contribution in [3.05, 3.63) is 41.0 Å². The second kappa shape index (κ2) is 7.29. The first kappa shape index (κ1) is 16.2. The van der Waals surface area contributed by atoms with Gasteiger partial charge in [-0.15, -0.1) is 0 Å². The summed E-state index contributed by atoms with van der Waals surface area (Å²) in [7, 11) is 0. The smallest absolute Gasteiger partial charge is 0.226 e. The van der Waals surface area contributed by atoms with Crippen molar-refractivity contribution >= 4 is 11.6 Å². The second-order valence-electron chi connectivity index (χ2n) is 5.62. The minimum Gasteiger partial charge on any atom is -0.488 e. The molecule has 2 N–H and O–H groups in total. The van der Waals surface area contributed by atoms with Gasteiger partial charge in [0.05, 0.1) is 6.54 Å². The first-order valence-corrected chi connectivity index (χ1v) is 8.18. The van der Waals surface area contributed by atoms with Crippen LogP contribution in [-0.4, -0.2) is 33.5 Å². The summed E-state index contributed by atoms with van der Waals surface area (Å²) in [5, 5.41) is 18.2. The number of hydrogen-bond donors (Lipinski definition) is 2. The molecule has 124 valence electrons. The lowest BCUT2D eigenvalue weighted by molar-refractivity contribution is 0.0448. The van der Waals surface area contributed by atoms with Crippen LogP contribution < -0.4 is 10.1 Å². The molecule has 3 rings (SSSR count). The van der Waals surface area contributed by atoms with E-state index < -0.39 is 6.10 Å². The second-order valence-corrected chi connectivity index (χ2v) is 6.06. The number of halogens is 1. The van der Waals surface area contributed by atoms with Gasteiger partial charge in [-0.05, 0) is 37.1 Å². The zero-order valence-corrected chi connectivity index (χ0v) is 13.7. The molecule has 1 heterocycles. The Labute approximate surface area is 139 Å². The number of nitrogens with zero attached hydrogens (tertiary/aromatic N) is 2. The van der Waals surface area contributed by atoms with Crippen molar-refractivity contribution in [1.82, 2.24) is 15.5 Å². The number of aliphatic hydroxyl groups is 1. The average Bonchev–Trinajstić information content (AvgIpc) is 3.15. The van der Waals surface area contributed by atoms with Crippen LogP contribution in [0.2, 0.25) is 5.02 Å². The van der Waals surface area contributed by atoms with E-state index in [0.29, 0.717) is 29.0 Å². The number of rotatable bonds is 6. The summed E-state index contributed by atoms with van der Waals surface area (Å²) in [6.07, 6.45) is 1.52. The van der Waals surface area contributed by atoms with E-state index in [1.165, 1.54) is 0 Å². The van der Waals surface area contributed by atoms with Gasteiger partial charge in [-0.25, -0.2) is 0 Å². The fourth-order valence-electron chi connectivity index (χ4n) is 2.71. The normalized spacial score (nSPS) is 24.0. The third-order valence-corrected chi connectivity index (χ3v) is 4.24. The Morgan fingerprint density at radius 2 is 2.13 bits per heavy atom. The van der Waals surface area contributed by atoms with Crippen molar-refractivity contribution < 1.29 is 14.4 Å². The van der Waals surface area contributed by atoms with Gasteiger partial charge in [0.25, 0.3) is 0 Å². The molecule has 6 nitrogen and oxygen atoms in total. The summed E-state index contributed by atoms with van der Waals surface area (Å²) in [5.41, 5.74) is 0. The molecule has 0 unspecified atom stereocenters. The van der Waals surface area contributed by atoms with Crippen molar-refractivity contribution in [2.24, 2.45) is 0 Å². The van der Waals surface area contributed by atoms with Crippen molar-refractivity contribution in [3.63, 3.8) is 0 Å². The van der Waals surface area contributed by atoms with Crippen LogP contribution in [0.4, 0.5) is 0 Å². The van der Waals surface area contributed by atoms with E-state index >= 15 is 0 Å². The number of aryl methyl sites for hydroxylation is 1. The zero-order chi connectivity index (χ0) is 16.2. The quantitative estimate of drug-likeness (QED) is 0.842. The largest absolute Gasteiger partial charge is 0.488 e. The molecule has 0 aliphatic heterocycles. The Kier molecular flexibility index (Phi) is 5.15. The standard InChI is InChI=1S/C16H20ClN3O3/c1-2-15-19-14(20-23-15)9-18-12-7-8-13(16(12)21)22-11-5-3-10(17)4-6-11/h3-6,12-13,16,18,21H,2,7-9H2,1H3/t12-,13-,16+/m1/s1. The molecule has 1 aliphatic rings. The number of hydrogen-bond acceptors (Lipinski definition) is 6. The summed E-state index contributed by atoms with van der Waals surface area (Å²) in [6, 6.07) is 7.12. The molecule has 2 aromatic rings. The Morgan fingerprint density at radius 1 is 1.35 bits per heavy atom. The maximum atomic E-state index is 10.4. The molecule has 1 aromatic carbocycles. The van der Waals surface area contributed by atoms with E-state index in [1.54, 1.807) is 24.3 Å². The van der Waals surface area contributed by atoms with Crippen molar-refractivity contribution in [2.75, 3.05) is 0 Å². The van der Waals surface area contributed by atoms with Gasteiger partial charge >= 0.3 is 0 Å². The van der Waals surface area contributed by atoms with Crippen molar-refractivity contribution in [2.45, 2.75) is 51.0 Å². The molecule has 0 bridgehead atoms. The lowest BCUT2D eigenvalue weighted by atomic mass is 10.2. The van der Waals surface area contributed by atoms with Crippen LogP contribution in [0.15, 0.2) is 28.8 Å². The van der Waals surface area contributed by atoms with Crippen molar-refractivity contribution in [1.29, 1.82) is 0 Å². The van der Waals surface area contributed by atoms with Gasteiger partial charge in [0.1, 0.15) is 18.0 Å². The molecule has 7 heteroatoms. The monoisotopic (exact) mass is 337 g/mol. The lowest BCUT2D eigenvalue weighted by Gasteiger charge is -2.21. The Bertz CT molecular complexity index is 632. The predicted octanol–water partition coefficient (Wildman–Crippen LogP) is 2.35. The van der Waals surface area contributed by atoms with Crippen LogP contribution >= 0.6 is 11.6 Å². The maximum absolute atomic E-state index is 10.4. The van der Waals surface area contributed by atoms with Crippen LogP contribution in [-0.2, 0) is 13.0 Å². The topological polar surface area (TPSA) is 80.4 Å². The van der Waals surface area contributed by atoms with Gasteiger partial charge in [-0.1, -0.05) is 23.7 Å². The van der Waals surface area contributed by atoms with Gasteiger partial charge in [-0.2, -0.15) is 4.98 Å². The molecule has 0 radical (unpaired) electrons. The number of aromatic nitrogens is 2. The Balaban J connectivity index is 1.51. The third kappa shape index (κ3) is 4.02. The highest BCUT2D eigenvalue weighted by Gasteiger charge is 2.36. The molecule has 1 fully saturated rings.